The van der Waals surface area contributed by atoms with Gasteiger partial charge in [-0.1, -0.05) is 0 Å². The van der Waals surface area contributed by atoms with E-state index in [9.17, 15) is 9.90 Å². The van der Waals surface area contributed by atoms with Crippen LogP contribution in [0.3, 0.4) is 0 Å². The smallest absolute Gasteiger partial charge is 0.313 e. The number of aliphatic carboxylic acids is 1. The second kappa shape index (κ2) is 5.88. The van der Waals surface area contributed by atoms with E-state index < -0.39 is 11.4 Å². The molecule has 6 nitrogen and oxygen atoms in total. The van der Waals surface area contributed by atoms with Crippen LogP contribution in [-0.4, -0.2) is 35.8 Å². The molecule has 0 aliphatic carbocycles. The number of nitrogens with zero attached hydrogens (tertiary/aromatic N) is 2. The number of pyridine rings is 1. The fourth-order valence-electron chi connectivity index (χ4n) is 2.27. The highest BCUT2D eigenvalue weighted by atomic mass is 16.5. The normalized spacial score (nSPS) is 22.0. The zero-order chi connectivity index (χ0) is 14.6. The average molecular weight is 275 g/mol. The molecule has 1 aromatic rings. The SMILES string of the molecule is Cc1nc(NCC2(C(=O)O)CCCOC2)ccc1C#N. The molecule has 1 fully saturated rings. The van der Waals surface area contributed by atoms with Crippen LogP contribution < -0.4 is 5.32 Å². The zero-order valence-corrected chi connectivity index (χ0v) is 11.3. The minimum absolute atomic E-state index is 0.213. The molecule has 1 saturated heterocycles. The van der Waals surface area contributed by atoms with Crippen LogP contribution in [0.5, 0.6) is 0 Å². The number of nitrogens with one attached hydrogen (secondary N) is 1. The Labute approximate surface area is 117 Å². The molecule has 2 rings (SSSR count). The molecule has 2 heterocycles. The van der Waals surface area contributed by atoms with E-state index in [-0.39, 0.29) is 13.2 Å². The van der Waals surface area contributed by atoms with Crippen molar-refractivity contribution in [3.63, 3.8) is 0 Å². The molecule has 0 amide bonds. The Balaban J connectivity index is 2.08. The predicted octanol–water partition coefficient (Wildman–Crippen LogP) is 1.55. The van der Waals surface area contributed by atoms with Gasteiger partial charge in [-0.15, -0.1) is 0 Å². The molecule has 6 heteroatoms. The number of carbonyl (C=O) groups is 1. The standard InChI is InChI=1S/C14H17N3O3/c1-10-11(7-15)3-4-12(17-10)16-8-14(13(18)19)5-2-6-20-9-14/h3-4H,2,5-6,8-9H2,1H3,(H,16,17)(H,18,19). The first-order valence-corrected chi connectivity index (χ1v) is 6.50. The van der Waals surface area contributed by atoms with E-state index in [4.69, 9.17) is 10.00 Å². The number of rotatable bonds is 4. The van der Waals surface area contributed by atoms with Gasteiger partial charge in [-0.25, -0.2) is 4.98 Å². The first-order valence-electron chi connectivity index (χ1n) is 6.50. The van der Waals surface area contributed by atoms with Crippen LogP contribution in [0.15, 0.2) is 12.1 Å². The third-order valence-corrected chi connectivity index (χ3v) is 3.59. The summed E-state index contributed by atoms with van der Waals surface area (Å²) < 4.78 is 5.31. The van der Waals surface area contributed by atoms with Crippen molar-refractivity contribution in [3.05, 3.63) is 23.4 Å². The number of aryl methyl sites for hydroxylation is 1. The number of anilines is 1. The summed E-state index contributed by atoms with van der Waals surface area (Å²) in [6.07, 6.45) is 1.33. The summed E-state index contributed by atoms with van der Waals surface area (Å²) in [5.74, 6) is -0.275. The minimum atomic E-state index is -0.901. The van der Waals surface area contributed by atoms with Crippen LogP contribution >= 0.6 is 0 Å². The van der Waals surface area contributed by atoms with Crippen LogP contribution in [0.2, 0.25) is 0 Å². The van der Waals surface area contributed by atoms with Crippen LogP contribution in [0.4, 0.5) is 5.82 Å². The van der Waals surface area contributed by atoms with Crippen molar-refractivity contribution in [2.45, 2.75) is 19.8 Å². The summed E-state index contributed by atoms with van der Waals surface area (Å²) in [6.45, 7) is 2.84. The summed E-state index contributed by atoms with van der Waals surface area (Å²) >= 11 is 0. The van der Waals surface area contributed by atoms with Gasteiger partial charge in [0.2, 0.25) is 0 Å². The maximum atomic E-state index is 11.5. The van der Waals surface area contributed by atoms with Gasteiger partial charge in [0.1, 0.15) is 17.3 Å². The lowest BCUT2D eigenvalue weighted by molar-refractivity contribution is -0.155. The Hall–Kier alpha value is -2.13. The van der Waals surface area contributed by atoms with Gasteiger partial charge < -0.3 is 15.2 Å². The molecule has 0 radical (unpaired) electrons. The quantitative estimate of drug-likeness (QED) is 0.865. The van der Waals surface area contributed by atoms with E-state index in [2.05, 4.69) is 10.3 Å². The van der Waals surface area contributed by atoms with Crippen molar-refractivity contribution in [1.29, 1.82) is 5.26 Å². The van der Waals surface area contributed by atoms with E-state index in [0.29, 0.717) is 30.1 Å². The summed E-state index contributed by atoms with van der Waals surface area (Å²) in [5.41, 5.74) is 0.244. The largest absolute Gasteiger partial charge is 0.481 e. The molecule has 2 N–H and O–H groups in total. The van der Waals surface area contributed by atoms with Gasteiger partial charge in [0.05, 0.1) is 17.9 Å². The van der Waals surface area contributed by atoms with Gasteiger partial charge >= 0.3 is 5.97 Å². The highest BCUT2D eigenvalue weighted by Crippen LogP contribution is 2.29. The third kappa shape index (κ3) is 2.89. The minimum Gasteiger partial charge on any atom is -0.481 e. The lowest BCUT2D eigenvalue weighted by atomic mass is 9.82. The summed E-state index contributed by atoms with van der Waals surface area (Å²) in [5, 5.41) is 21.3. The van der Waals surface area contributed by atoms with Crippen LogP contribution in [0.1, 0.15) is 24.1 Å². The molecule has 20 heavy (non-hydrogen) atoms. The second-order valence-corrected chi connectivity index (χ2v) is 5.04. The van der Waals surface area contributed by atoms with Gasteiger partial charge in [0, 0.05) is 13.2 Å². The first kappa shape index (κ1) is 14.3. The molecule has 1 unspecified atom stereocenters. The molecule has 0 aromatic carbocycles. The molecule has 0 bridgehead atoms. The van der Waals surface area contributed by atoms with Crippen molar-refractivity contribution in [2.75, 3.05) is 25.1 Å². The third-order valence-electron chi connectivity index (χ3n) is 3.59. The summed E-state index contributed by atoms with van der Waals surface area (Å²) in [6, 6.07) is 5.41. The fourth-order valence-corrected chi connectivity index (χ4v) is 2.27. The molecule has 1 aliphatic heterocycles. The Morgan fingerprint density at radius 2 is 2.45 bits per heavy atom. The van der Waals surface area contributed by atoms with Crippen LogP contribution in [-0.2, 0) is 9.53 Å². The summed E-state index contributed by atoms with van der Waals surface area (Å²) in [7, 11) is 0. The van der Waals surface area contributed by atoms with E-state index in [1.165, 1.54) is 0 Å². The monoisotopic (exact) mass is 275 g/mol. The maximum absolute atomic E-state index is 11.5. The lowest BCUT2D eigenvalue weighted by Gasteiger charge is -2.33. The van der Waals surface area contributed by atoms with Gasteiger partial charge in [-0.05, 0) is 31.9 Å². The van der Waals surface area contributed by atoms with Gasteiger partial charge in [-0.2, -0.15) is 5.26 Å². The predicted molar refractivity (Wildman–Crippen MR) is 72.3 cm³/mol. The van der Waals surface area contributed by atoms with E-state index in [1.54, 1.807) is 19.1 Å². The number of carboxylic acid groups (broad SMARTS) is 1. The van der Waals surface area contributed by atoms with Crippen molar-refractivity contribution in [1.82, 2.24) is 4.98 Å². The zero-order valence-electron chi connectivity index (χ0n) is 11.3. The number of ether oxygens (including phenoxy) is 1. The number of nitriles is 1. The summed E-state index contributed by atoms with van der Waals surface area (Å²) in [4.78, 5) is 15.7. The maximum Gasteiger partial charge on any atom is 0.313 e. The molecule has 1 atom stereocenters. The molecular weight excluding hydrogens is 258 g/mol. The van der Waals surface area contributed by atoms with Crippen LogP contribution in [0, 0.1) is 23.7 Å². The van der Waals surface area contributed by atoms with Crippen molar-refractivity contribution >= 4 is 11.8 Å². The number of hydrogen-bond acceptors (Lipinski definition) is 5. The van der Waals surface area contributed by atoms with Crippen molar-refractivity contribution < 1.29 is 14.6 Å². The van der Waals surface area contributed by atoms with E-state index in [1.807, 2.05) is 6.07 Å². The Bertz CT molecular complexity index is 545. The molecule has 0 spiro atoms. The topological polar surface area (TPSA) is 95.2 Å². The van der Waals surface area contributed by atoms with Crippen LogP contribution in [0.25, 0.3) is 0 Å². The van der Waals surface area contributed by atoms with Gasteiger partial charge in [-0.3, -0.25) is 4.79 Å². The van der Waals surface area contributed by atoms with E-state index >= 15 is 0 Å². The van der Waals surface area contributed by atoms with Crippen molar-refractivity contribution in [3.8, 4) is 6.07 Å². The average Bonchev–Trinajstić information content (AvgIpc) is 2.46. The van der Waals surface area contributed by atoms with E-state index in [0.717, 1.165) is 6.42 Å². The number of carboxylic acids is 1. The number of hydrogen-bond donors (Lipinski definition) is 2. The Kier molecular flexibility index (Phi) is 4.20. The Morgan fingerprint density at radius 1 is 1.65 bits per heavy atom. The molecule has 0 saturated carbocycles. The Morgan fingerprint density at radius 3 is 3.00 bits per heavy atom. The fraction of sp³-hybridized carbons (Fsp3) is 0.500. The molecule has 1 aromatic heterocycles. The second-order valence-electron chi connectivity index (χ2n) is 5.04. The van der Waals surface area contributed by atoms with Gasteiger partial charge in [0.15, 0.2) is 0 Å². The first-order chi connectivity index (χ1) is 9.57. The van der Waals surface area contributed by atoms with Crippen molar-refractivity contribution in [2.24, 2.45) is 5.41 Å². The highest BCUT2D eigenvalue weighted by Gasteiger charge is 2.40. The molecule has 1 aliphatic rings. The lowest BCUT2D eigenvalue weighted by Crippen LogP contribution is -2.44. The molecular formula is C14H17N3O3. The van der Waals surface area contributed by atoms with Gasteiger partial charge in [0.25, 0.3) is 0 Å². The molecule has 106 valence electrons. The highest BCUT2D eigenvalue weighted by molar-refractivity contribution is 5.75. The number of aromatic nitrogens is 1.